The number of H-pyrrole nitrogens is 1. The molecule has 2 aromatic rings. The SMILES string of the molecule is C[C@H](CS(=O)(=O)c1ccc(F)cc1)C(=O)NCc1ccn[nH]1. The number of amides is 1. The standard InChI is InChI=1S/C14H16FN3O3S/c1-10(14(19)16-8-12-6-7-17-18-12)9-22(20,21)13-4-2-11(15)3-5-13/h2-7,10H,8-9H2,1H3,(H,16,19)(H,17,18)/t10-/m1/s1. The first kappa shape index (κ1) is 16.2. The van der Waals surface area contributed by atoms with Crippen molar-refractivity contribution in [3.05, 3.63) is 48.0 Å². The number of nitrogens with one attached hydrogen (secondary N) is 2. The number of hydrogen-bond acceptors (Lipinski definition) is 4. The van der Waals surface area contributed by atoms with E-state index in [2.05, 4.69) is 15.5 Å². The van der Waals surface area contributed by atoms with E-state index in [9.17, 15) is 17.6 Å². The first-order valence-electron chi connectivity index (χ1n) is 6.63. The molecule has 0 unspecified atom stereocenters. The number of carbonyl (C=O) groups excluding carboxylic acids is 1. The van der Waals surface area contributed by atoms with Crippen LogP contribution >= 0.6 is 0 Å². The van der Waals surface area contributed by atoms with E-state index in [-0.39, 0.29) is 23.1 Å². The van der Waals surface area contributed by atoms with Gasteiger partial charge in [-0.05, 0) is 30.3 Å². The number of halogens is 1. The smallest absolute Gasteiger partial charge is 0.224 e. The second-order valence-electron chi connectivity index (χ2n) is 4.94. The lowest BCUT2D eigenvalue weighted by atomic mass is 10.2. The van der Waals surface area contributed by atoms with Crippen LogP contribution in [0.1, 0.15) is 12.6 Å². The molecular formula is C14H16FN3O3S. The first-order chi connectivity index (χ1) is 10.4. The molecule has 8 heteroatoms. The van der Waals surface area contributed by atoms with Crippen LogP contribution in [-0.4, -0.2) is 30.3 Å². The van der Waals surface area contributed by atoms with Crippen LogP contribution < -0.4 is 5.32 Å². The van der Waals surface area contributed by atoms with Gasteiger partial charge in [0.05, 0.1) is 22.9 Å². The Morgan fingerprint density at radius 1 is 1.32 bits per heavy atom. The molecule has 1 aromatic heterocycles. The molecule has 118 valence electrons. The fourth-order valence-corrected chi connectivity index (χ4v) is 3.44. The van der Waals surface area contributed by atoms with Gasteiger partial charge in [0.2, 0.25) is 5.91 Å². The van der Waals surface area contributed by atoms with Crippen LogP contribution in [0, 0.1) is 11.7 Å². The molecule has 22 heavy (non-hydrogen) atoms. The maximum atomic E-state index is 12.8. The van der Waals surface area contributed by atoms with Gasteiger partial charge in [0.15, 0.2) is 9.84 Å². The van der Waals surface area contributed by atoms with Crippen LogP contribution in [0.2, 0.25) is 0 Å². The van der Waals surface area contributed by atoms with Gasteiger partial charge >= 0.3 is 0 Å². The van der Waals surface area contributed by atoms with Crippen molar-refractivity contribution >= 4 is 15.7 Å². The Hall–Kier alpha value is -2.22. The molecular weight excluding hydrogens is 309 g/mol. The minimum Gasteiger partial charge on any atom is -0.350 e. The minimum atomic E-state index is -3.64. The fourth-order valence-electron chi connectivity index (χ4n) is 1.88. The van der Waals surface area contributed by atoms with Crippen molar-refractivity contribution in [2.45, 2.75) is 18.4 Å². The van der Waals surface area contributed by atoms with Crippen molar-refractivity contribution in [2.24, 2.45) is 5.92 Å². The molecule has 0 spiro atoms. The molecule has 0 aliphatic carbocycles. The van der Waals surface area contributed by atoms with Gasteiger partial charge in [0, 0.05) is 12.1 Å². The molecule has 0 saturated heterocycles. The maximum absolute atomic E-state index is 12.8. The van der Waals surface area contributed by atoms with Crippen molar-refractivity contribution in [2.75, 3.05) is 5.75 Å². The predicted molar refractivity (Wildman–Crippen MR) is 78.1 cm³/mol. The molecule has 1 heterocycles. The van der Waals surface area contributed by atoms with E-state index in [0.29, 0.717) is 0 Å². The van der Waals surface area contributed by atoms with E-state index in [1.54, 1.807) is 12.3 Å². The average Bonchev–Trinajstić information content (AvgIpc) is 2.98. The summed E-state index contributed by atoms with van der Waals surface area (Å²) in [5.41, 5.74) is 0.724. The van der Waals surface area contributed by atoms with Crippen LogP contribution in [0.4, 0.5) is 4.39 Å². The zero-order valence-electron chi connectivity index (χ0n) is 11.9. The number of rotatable bonds is 6. The third kappa shape index (κ3) is 4.14. The van der Waals surface area contributed by atoms with E-state index >= 15 is 0 Å². The van der Waals surface area contributed by atoms with E-state index < -0.39 is 21.6 Å². The van der Waals surface area contributed by atoms with Crippen LogP contribution in [0.25, 0.3) is 0 Å². The predicted octanol–water partition coefficient (Wildman–Crippen LogP) is 1.27. The Labute approximate surface area is 127 Å². The largest absolute Gasteiger partial charge is 0.350 e. The van der Waals surface area contributed by atoms with Crippen molar-refractivity contribution in [3.8, 4) is 0 Å². The zero-order valence-corrected chi connectivity index (χ0v) is 12.7. The first-order valence-corrected chi connectivity index (χ1v) is 8.28. The molecule has 0 saturated carbocycles. The number of benzene rings is 1. The molecule has 1 amide bonds. The van der Waals surface area contributed by atoms with Gasteiger partial charge in [-0.2, -0.15) is 5.10 Å². The number of sulfone groups is 1. The highest BCUT2D eigenvalue weighted by atomic mass is 32.2. The molecule has 0 fully saturated rings. The Kier molecular flexibility index (Phi) is 4.92. The summed E-state index contributed by atoms with van der Waals surface area (Å²) in [6, 6.07) is 6.26. The summed E-state index contributed by atoms with van der Waals surface area (Å²) in [6.07, 6.45) is 1.56. The molecule has 2 N–H and O–H groups in total. The van der Waals surface area contributed by atoms with Crippen molar-refractivity contribution in [3.63, 3.8) is 0 Å². The summed E-state index contributed by atoms with van der Waals surface area (Å²) >= 11 is 0. The monoisotopic (exact) mass is 325 g/mol. The maximum Gasteiger partial charge on any atom is 0.224 e. The lowest BCUT2D eigenvalue weighted by Gasteiger charge is -2.12. The van der Waals surface area contributed by atoms with Crippen molar-refractivity contribution in [1.29, 1.82) is 0 Å². The summed E-state index contributed by atoms with van der Waals surface area (Å²) in [6.45, 7) is 1.78. The summed E-state index contributed by atoms with van der Waals surface area (Å²) in [7, 11) is -3.64. The molecule has 0 aliphatic rings. The van der Waals surface area contributed by atoms with Gasteiger partial charge in [0.1, 0.15) is 5.82 Å². The minimum absolute atomic E-state index is 0.00196. The molecule has 1 atom stereocenters. The summed E-state index contributed by atoms with van der Waals surface area (Å²) in [5.74, 6) is -1.95. The quantitative estimate of drug-likeness (QED) is 0.783. The zero-order chi connectivity index (χ0) is 16.2. The highest BCUT2D eigenvalue weighted by Gasteiger charge is 2.23. The van der Waals surface area contributed by atoms with E-state index in [4.69, 9.17) is 0 Å². The van der Waals surface area contributed by atoms with Gasteiger partial charge in [-0.25, -0.2) is 12.8 Å². The third-order valence-corrected chi connectivity index (χ3v) is 5.03. The van der Waals surface area contributed by atoms with Gasteiger partial charge < -0.3 is 5.32 Å². The molecule has 0 radical (unpaired) electrons. The normalized spacial score (nSPS) is 12.8. The summed E-state index contributed by atoms with van der Waals surface area (Å²) < 4.78 is 37.2. The second-order valence-corrected chi connectivity index (χ2v) is 6.97. The van der Waals surface area contributed by atoms with E-state index in [1.807, 2.05) is 0 Å². The van der Waals surface area contributed by atoms with Gasteiger partial charge in [-0.15, -0.1) is 0 Å². The molecule has 6 nitrogen and oxygen atoms in total. The number of hydrogen-bond donors (Lipinski definition) is 2. The van der Waals surface area contributed by atoms with E-state index in [0.717, 1.165) is 17.8 Å². The number of aromatic nitrogens is 2. The van der Waals surface area contributed by atoms with Gasteiger partial charge in [0.25, 0.3) is 0 Å². The molecule has 0 bridgehead atoms. The van der Waals surface area contributed by atoms with E-state index in [1.165, 1.54) is 19.1 Å². The number of aromatic amines is 1. The van der Waals surface area contributed by atoms with Gasteiger partial charge in [-0.3, -0.25) is 9.89 Å². The fraction of sp³-hybridized carbons (Fsp3) is 0.286. The van der Waals surface area contributed by atoms with Crippen LogP contribution in [0.3, 0.4) is 0 Å². The molecule has 1 aromatic carbocycles. The Morgan fingerprint density at radius 2 is 2.00 bits per heavy atom. The highest BCUT2D eigenvalue weighted by Crippen LogP contribution is 2.15. The van der Waals surface area contributed by atoms with Crippen LogP contribution in [-0.2, 0) is 21.2 Å². The Morgan fingerprint density at radius 3 is 2.59 bits per heavy atom. The third-order valence-electron chi connectivity index (χ3n) is 3.10. The topological polar surface area (TPSA) is 91.9 Å². The molecule has 0 aliphatic heterocycles. The van der Waals surface area contributed by atoms with Crippen molar-refractivity contribution in [1.82, 2.24) is 15.5 Å². The summed E-state index contributed by atoms with van der Waals surface area (Å²) in [5, 5.41) is 9.07. The van der Waals surface area contributed by atoms with Crippen molar-refractivity contribution < 1.29 is 17.6 Å². The molecule has 2 rings (SSSR count). The summed E-state index contributed by atoms with van der Waals surface area (Å²) in [4.78, 5) is 11.9. The lowest BCUT2D eigenvalue weighted by molar-refractivity contribution is -0.124. The Bertz CT molecular complexity index is 727. The second kappa shape index (κ2) is 6.69. The Balaban J connectivity index is 1.96. The average molecular weight is 325 g/mol. The number of carbonyl (C=O) groups is 1. The highest BCUT2D eigenvalue weighted by molar-refractivity contribution is 7.91. The van der Waals surface area contributed by atoms with Crippen LogP contribution in [0.5, 0.6) is 0 Å². The van der Waals surface area contributed by atoms with Crippen LogP contribution in [0.15, 0.2) is 41.4 Å². The van der Waals surface area contributed by atoms with Gasteiger partial charge in [-0.1, -0.05) is 6.92 Å². The number of nitrogens with zero attached hydrogens (tertiary/aromatic N) is 1. The lowest BCUT2D eigenvalue weighted by Crippen LogP contribution is -2.32.